The van der Waals surface area contributed by atoms with Crippen LogP contribution in [0.25, 0.3) is 11.0 Å². The molecule has 0 radical (unpaired) electrons. The molecule has 0 saturated carbocycles. The number of benzene rings is 2. The van der Waals surface area contributed by atoms with Gasteiger partial charge in [-0.1, -0.05) is 0 Å². The average Bonchev–Trinajstić information content (AvgIpc) is 2.69. The van der Waals surface area contributed by atoms with E-state index in [2.05, 4.69) is 5.32 Å². The van der Waals surface area contributed by atoms with Crippen molar-refractivity contribution in [1.29, 1.82) is 0 Å². The third-order valence-corrected chi connectivity index (χ3v) is 5.58. The molecule has 7 heteroatoms. The number of methoxy groups -OCH3 is 2. The zero-order valence-electron chi connectivity index (χ0n) is 16.8. The highest BCUT2D eigenvalue weighted by atomic mass is 32.2. The molecule has 0 aliphatic rings. The number of aryl methyl sites for hydroxylation is 2. The van der Waals surface area contributed by atoms with Crippen molar-refractivity contribution in [2.75, 3.05) is 25.3 Å². The smallest absolute Gasteiger partial charge is 0.336 e. The first-order valence-corrected chi connectivity index (χ1v) is 10.2. The van der Waals surface area contributed by atoms with Crippen LogP contribution in [0.4, 0.5) is 5.69 Å². The minimum atomic E-state index is -0.383. The van der Waals surface area contributed by atoms with E-state index < -0.39 is 0 Å². The average molecular weight is 413 g/mol. The predicted molar refractivity (Wildman–Crippen MR) is 116 cm³/mol. The Morgan fingerprint density at radius 2 is 1.76 bits per heavy atom. The van der Waals surface area contributed by atoms with Crippen molar-refractivity contribution in [1.82, 2.24) is 0 Å². The lowest BCUT2D eigenvalue weighted by Gasteiger charge is -2.11. The number of carbonyl (C=O) groups is 1. The highest BCUT2D eigenvalue weighted by Crippen LogP contribution is 2.30. The molecule has 2 aromatic carbocycles. The number of rotatable bonds is 7. The van der Waals surface area contributed by atoms with Gasteiger partial charge in [-0.05, 0) is 54.8 Å². The largest absolute Gasteiger partial charge is 0.493 e. The topological polar surface area (TPSA) is 77.8 Å². The summed E-state index contributed by atoms with van der Waals surface area (Å²) in [4.78, 5) is 24.2. The first kappa shape index (κ1) is 20.8. The standard InChI is InChI=1S/C22H23NO5S/c1-13-7-17-15(9-22(25)28-19(17)8-14(13)2)11-29-12-21(24)23-16-5-6-18(26-3)20(10-16)27-4/h5-10H,11-12H2,1-4H3,(H,23,24). The van der Waals surface area contributed by atoms with Gasteiger partial charge in [-0.3, -0.25) is 4.79 Å². The van der Waals surface area contributed by atoms with E-state index in [1.807, 2.05) is 26.0 Å². The zero-order valence-corrected chi connectivity index (χ0v) is 17.6. The van der Waals surface area contributed by atoms with Gasteiger partial charge < -0.3 is 19.2 Å². The fourth-order valence-corrected chi connectivity index (χ4v) is 3.79. The normalized spacial score (nSPS) is 10.8. The highest BCUT2D eigenvalue weighted by molar-refractivity contribution is 7.99. The molecule has 3 rings (SSSR count). The van der Waals surface area contributed by atoms with Gasteiger partial charge >= 0.3 is 5.63 Å². The van der Waals surface area contributed by atoms with E-state index in [0.717, 1.165) is 22.1 Å². The van der Waals surface area contributed by atoms with Crippen molar-refractivity contribution >= 4 is 34.3 Å². The second kappa shape index (κ2) is 9.05. The molecule has 1 aromatic heterocycles. The molecular formula is C22H23NO5S. The number of thioether (sulfide) groups is 1. The number of anilines is 1. The van der Waals surface area contributed by atoms with Crippen LogP contribution in [0.2, 0.25) is 0 Å². The number of nitrogens with one attached hydrogen (secondary N) is 1. The van der Waals surface area contributed by atoms with Crippen LogP contribution in [0.3, 0.4) is 0 Å². The van der Waals surface area contributed by atoms with Crippen LogP contribution in [-0.2, 0) is 10.5 Å². The molecule has 6 nitrogen and oxygen atoms in total. The van der Waals surface area contributed by atoms with Gasteiger partial charge in [-0.2, -0.15) is 0 Å². The molecule has 1 amide bonds. The summed E-state index contributed by atoms with van der Waals surface area (Å²) in [6.45, 7) is 4.00. The second-order valence-corrected chi connectivity index (χ2v) is 7.62. The number of hydrogen-bond acceptors (Lipinski definition) is 6. The van der Waals surface area contributed by atoms with Crippen molar-refractivity contribution < 1.29 is 18.7 Å². The van der Waals surface area contributed by atoms with Crippen LogP contribution in [0.1, 0.15) is 16.7 Å². The van der Waals surface area contributed by atoms with Crippen LogP contribution < -0.4 is 20.4 Å². The van der Waals surface area contributed by atoms with Crippen LogP contribution in [0, 0.1) is 13.8 Å². The summed E-state index contributed by atoms with van der Waals surface area (Å²) in [6, 6.07) is 10.6. The molecule has 0 aliphatic heterocycles. The number of amides is 1. The molecule has 1 N–H and O–H groups in total. The molecule has 0 atom stereocenters. The molecule has 0 aliphatic carbocycles. The van der Waals surface area contributed by atoms with E-state index in [4.69, 9.17) is 13.9 Å². The Hall–Kier alpha value is -2.93. The highest BCUT2D eigenvalue weighted by Gasteiger charge is 2.11. The van der Waals surface area contributed by atoms with Gasteiger partial charge in [0.2, 0.25) is 5.91 Å². The summed E-state index contributed by atoms with van der Waals surface area (Å²) in [6.07, 6.45) is 0. The van der Waals surface area contributed by atoms with Crippen LogP contribution in [0.5, 0.6) is 11.5 Å². The van der Waals surface area contributed by atoms with Crippen LogP contribution >= 0.6 is 11.8 Å². The van der Waals surface area contributed by atoms with Gasteiger partial charge in [0.05, 0.1) is 20.0 Å². The Bertz CT molecular complexity index is 1110. The third kappa shape index (κ3) is 4.92. The fraction of sp³-hybridized carbons (Fsp3) is 0.273. The Morgan fingerprint density at radius 1 is 1.03 bits per heavy atom. The molecule has 0 bridgehead atoms. The summed E-state index contributed by atoms with van der Waals surface area (Å²) >= 11 is 1.44. The van der Waals surface area contributed by atoms with Gasteiger partial charge in [-0.25, -0.2) is 4.79 Å². The van der Waals surface area contributed by atoms with Crippen molar-refractivity contribution in [3.63, 3.8) is 0 Å². The van der Waals surface area contributed by atoms with E-state index >= 15 is 0 Å². The van der Waals surface area contributed by atoms with Gasteiger partial charge in [-0.15, -0.1) is 11.8 Å². The first-order valence-electron chi connectivity index (χ1n) is 9.05. The van der Waals surface area contributed by atoms with Gasteiger partial charge in [0.1, 0.15) is 5.58 Å². The summed E-state index contributed by atoms with van der Waals surface area (Å²) in [5.41, 5.74) is 3.88. The Morgan fingerprint density at radius 3 is 2.48 bits per heavy atom. The van der Waals surface area contributed by atoms with Crippen molar-refractivity contribution in [3.05, 3.63) is 63.5 Å². The van der Waals surface area contributed by atoms with E-state index in [-0.39, 0.29) is 17.3 Å². The summed E-state index contributed by atoms with van der Waals surface area (Å²) < 4.78 is 15.8. The summed E-state index contributed by atoms with van der Waals surface area (Å²) in [5.74, 6) is 1.79. The lowest BCUT2D eigenvalue weighted by atomic mass is 10.0. The van der Waals surface area contributed by atoms with Crippen molar-refractivity contribution in [3.8, 4) is 11.5 Å². The SMILES string of the molecule is COc1ccc(NC(=O)CSCc2cc(=O)oc3cc(C)c(C)cc23)cc1OC. The van der Waals surface area contributed by atoms with E-state index in [9.17, 15) is 9.59 Å². The van der Waals surface area contributed by atoms with Crippen LogP contribution in [-0.4, -0.2) is 25.9 Å². The number of hydrogen-bond donors (Lipinski definition) is 1. The molecular weight excluding hydrogens is 390 g/mol. The second-order valence-electron chi connectivity index (χ2n) is 6.63. The Kier molecular flexibility index (Phi) is 6.49. The maximum atomic E-state index is 12.3. The maximum Gasteiger partial charge on any atom is 0.336 e. The minimum Gasteiger partial charge on any atom is -0.493 e. The Labute approximate surface area is 173 Å². The lowest BCUT2D eigenvalue weighted by Crippen LogP contribution is -2.14. The quantitative estimate of drug-likeness (QED) is 0.582. The number of ether oxygens (including phenoxy) is 2. The summed E-state index contributed by atoms with van der Waals surface area (Å²) in [7, 11) is 3.10. The van der Waals surface area contributed by atoms with E-state index in [0.29, 0.717) is 28.5 Å². The van der Waals surface area contributed by atoms with E-state index in [1.54, 1.807) is 32.4 Å². The first-order chi connectivity index (χ1) is 13.9. The molecule has 0 fully saturated rings. The predicted octanol–water partition coefficient (Wildman–Crippen LogP) is 4.30. The molecule has 1 heterocycles. The lowest BCUT2D eigenvalue weighted by molar-refractivity contribution is -0.113. The van der Waals surface area contributed by atoms with Crippen LogP contribution in [0.15, 0.2) is 45.6 Å². The maximum absolute atomic E-state index is 12.3. The minimum absolute atomic E-state index is 0.137. The van der Waals surface area contributed by atoms with Gasteiger partial charge in [0.25, 0.3) is 0 Å². The fourth-order valence-electron chi connectivity index (χ4n) is 2.97. The molecule has 152 valence electrons. The number of carbonyl (C=O) groups excluding carboxylic acids is 1. The van der Waals surface area contributed by atoms with Crippen molar-refractivity contribution in [2.45, 2.75) is 19.6 Å². The van der Waals surface area contributed by atoms with Crippen molar-refractivity contribution in [2.24, 2.45) is 0 Å². The van der Waals surface area contributed by atoms with Gasteiger partial charge in [0, 0.05) is 29.0 Å². The molecule has 3 aromatic rings. The number of fused-ring (bicyclic) bond motifs is 1. The third-order valence-electron chi connectivity index (χ3n) is 4.60. The molecule has 0 spiro atoms. The molecule has 29 heavy (non-hydrogen) atoms. The molecule has 0 saturated heterocycles. The van der Waals surface area contributed by atoms with E-state index in [1.165, 1.54) is 17.8 Å². The summed E-state index contributed by atoms with van der Waals surface area (Å²) in [5, 5.41) is 3.75. The zero-order chi connectivity index (χ0) is 21.0. The van der Waals surface area contributed by atoms with Gasteiger partial charge in [0.15, 0.2) is 11.5 Å². The monoisotopic (exact) mass is 413 g/mol. The molecule has 0 unspecified atom stereocenters. The Balaban J connectivity index is 1.66.